The molecule has 1 heterocycles. The lowest BCUT2D eigenvalue weighted by molar-refractivity contribution is -0.0971. The standard InChI is InChI=1S/C16H31N3O2.HI/c1-15(12-21-13-15)10-18-14(17-2)19-11-16(8-9-20-3)6-4-5-7-16;/h4-13H2,1-3H3,(H2,17,18,19);1H. The molecule has 22 heavy (non-hydrogen) atoms. The first-order chi connectivity index (χ1) is 10.1. The second-order valence-corrected chi connectivity index (χ2v) is 7.03. The Morgan fingerprint density at radius 1 is 1.18 bits per heavy atom. The van der Waals surface area contributed by atoms with E-state index in [2.05, 4.69) is 22.5 Å². The summed E-state index contributed by atoms with van der Waals surface area (Å²) in [5.74, 6) is 0.909. The molecule has 1 aliphatic carbocycles. The summed E-state index contributed by atoms with van der Waals surface area (Å²) in [4.78, 5) is 4.34. The van der Waals surface area contributed by atoms with Crippen LogP contribution in [0.1, 0.15) is 39.0 Å². The van der Waals surface area contributed by atoms with Gasteiger partial charge in [0, 0.05) is 39.3 Å². The molecule has 0 aromatic carbocycles. The lowest BCUT2D eigenvalue weighted by atomic mass is 9.83. The summed E-state index contributed by atoms with van der Waals surface area (Å²) in [6.07, 6.45) is 6.41. The van der Waals surface area contributed by atoms with E-state index in [0.717, 1.165) is 45.3 Å². The van der Waals surface area contributed by atoms with E-state index in [0.29, 0.717) is 5.41 Å². The molecule has 2 rings (SSSR count). The van der Waals surface area contributed by atoms with Crippen LogP contribution in [0.5, 0.6) is 0 Å². The molecular weight excluding hydrogens is 393 g/mol. The van der Waals surface area contributed by atoms with Gasteiger partial charge in [-0.05, 0) is 24.7 Å². The zero-order valence-corrected chi connectivity index (χ0v) is 16.6. The van der Waals surface area contributed by atoms with Crippen LogP contribution in [-0.2, 0) is 9.47 Å². The molecule has 2 fully saturated rings. The highest BCUT2D eigenvalue weighted by molar-refractivity contribution is 14.0. The Morgan fingerprint density at radius 3 is 2.32 bits per heavy atom. The van der Waals surface area contributed by atoms with Crippen LogP contribution in [0.25, 0.3) is 0 Å². The van der Waals surface area contributed by atoms with Crippen LogP contribution in [0.2, 0.25) is 0 Å². The summed E-state index contributed by atoms with van der Waals surface area (Å²) >= 11 is 0. The molecule has 1 saturated carbocycles. The molecular formula is C16H32IN3O2. The largest absolute Gasteiger partial charge is 0.385 e. The summed E-state index contributed by atoms with van der Waals surface area (Å²) < 4.78 is 10.6. The Labute approximate surface area is 152 Å². The van der Waals surface area contributed by atoms with E-state index in [9.17, 15) is 0 Å². The van der Waals surface area contributed by atoms with Gasteiger partial charge in [0.2, 0.25) is 0 Å². The minimum atomic E-state index is 0. The third-order valence-corrected chi connectivity index (χ3v) is 4.94. The van der Waals surface area contributed by atoms with Crippen LogP contribution in [0.3, 0.4) is 0 Å². The van der Waals surface area contributed by atoms with Gasteiger partial charge < -0.3 is 20.1 Å². The van der Waals surface area contributed by atoms with Crippen LogP contribution in [0, 0.1) is 10.8 Å². The molecule has 130 valence electrons. The lowest BCUT2D eigenvalue weighted by Crippen LogP contribution is -2.52. The summed E-state index contributed by atoms with van der Waals surface area (Å²) in [7, 11) is 3.63. The van der Waals surface area contributed by atoms with Gasteiger partial charge in [0.15, 0.2) is 5.96 Å². The first kappa shape index (κ1) is 20.0. The molecule has 0 atom stereocenters. The predicted molar refractivity (Wildman–Crippen MR) is 101 cm³/mol. The van der Waals surface area contributed by atoms with Crippen LogP contribution in [-0.4, -0.2) is 53.0 Å². The topological polar surface area (TPSA) is 54.9 Å². The minimum absolute atomic E-state index is 0. The summed E-state index contributed by atoms with van der Waals surface area (Å²) in [6, 6.07) is 0. The zero-order valence-electron chi connectivity index (χ0n) is 14.2. The van der Waals surface area contributed by atoms with E-state index in [1.807, 2.05) is 7.05 Å². The van der Waals surface area contributed by atoms with Crippen molar-refractivity contribution in [2.24, 2.45) is 15.8 Å². The average molecular weight is 425 g/mol. The molecule has 1 aliphatic heterocycles. The molecule has 2 aliphatic rings. The fourth-order valence-electron chi connectivity index (χ4n) is 3.30. The van der Waals surface area contributed by atoms with E-state index in [1.165, 1.54) is 25.7 Å². The van der Waals surface area contributed by atoms with E-state index < -0.39 is 0 Å². The molecule has 0 aromatic rings. The van der Waals surface area contributed by atoms with Gasteiger partial charge in [-0.25, -0.2) is 0 Å². The fraction of sp³-hybridized carbons (Fsp3) is 0.938. The van der Waals surface area contributed by atoms with Crippen molar-refractivity contribution >= 4 is 29.9 Å². The van der Waals surface area contributed by atoms with Crippen molar-refractivity contribution in [3.8, 4) is 0 Å². The minimum Gasteiger partial charge on any atom is -0.385 e. The van der Waals surface area contributed by atoms with Crippen molar-refractivity contribution in [2.45, 2.75) is 39.0 Å². The maximum atomic E-state index is 5.29. The van der Waals surface area contributed by atoms with Crippen molar-refractivity contribution in [1.82, 2.24) is 10.6 Å². The maximum Gasteiger partial charge on any atom is 0.191 e. The van der Waals surface area contributed by atoms with Crippen molar-refractivity contribution in [1.29, 1.82) is 0 Å². The second kappa shape index (κ2) is 9.27. The molecule has 0 unspecified atom stereocenters. The molecule has 5 nitrogen and oxygen atoms in total. The molecule has 1 saturated heterocycles. The number of hydrogen-bond acceptors (Lipinski definition) is 3. The smallest absolute Gasteiger partial charge is 0.191 e. The summed E-state index contributed by atoms with van der Waals surface area (Å²) in [5, 5.41) is 6.96. The SMILES string of the molecule is CN=C(NCC1(C)COC1)NCC1(CCOC)CCCC1.I. The molecule has 0 spiro atoms. The van der Waals surface area contributed by atoms with Crippen LogP contribution in [0.4, 0.5) is 0 Å². The van der Waals surface area contributed by atoms with Crippen LogP contribution >= 0.6 is 24.0 Å². The third-order valence-electron chi connectivity index (χ3n) is 4.94. The summed E-state index contributed by atoms with van der Waals surface area (Å²) in [6.45, 7) is 6.68. The van der Waals surface area contributed by atoms with Crippen molar-refractivity contribution < 1.29 is 9.47 Å². The highest BCUT2D eigenvalue weighted by atomic mass is 127. The van der Waals surface area contributed by atoms with Crippen molar-refractivity contribution in [3.63, 3.8) is 0 Å². The van der Waals surface area contributed by atoms with E-state index >= 15 is 0 Å². The number of ether oxygens (including phenoxy) is 2. The van der Waals surface area contributed by atoms with E-state index in [-0.39, 0.29) is 29.4 Å². The Hall–Kier alpha value is -0.0800. The number of aliphatic imine (C=N–C) groups is 1. The monoisotopic (exact) mass is 425 g/mol. The average Bonchev–Trinajstić information content (AvgIpc) is 2.92. The number of methoxy groups -OCH3 is 1. The number of rotatable bonds is 7. The third kappa shape index (κ3) is 5.53. The number of hydrogen-bond donors (Lipinski definition) is 2. The van der Waals surface area contributed by atoms with Crippen molar-refractivity contribution in [2.75, 3.05) is 47.1 Å². The number of nitrogens with one attached hydrogen (secondary N) is 2. The first-order valence-corrected chi connectivity index (χ1v) is 8.13. The van der Waals surface area contributed by atoms with Gasteiger partial charge in [-0.3, -0.25) is 4.99 Å². The summed E-state index contributed by atoms with van der Waals surface area (Å²) in [5.41, 5.74) is 0.649. The predicted octanol–water partition coefficient (Wildman–Crippen LogP) is 2.40. The number of halogens is 1. The van der Waals surface area contributed by atoms with E-state index in [1.54, 1.807) is 7.11 Å². The fourth-order valence-corrected chi connectivity index (χ4v) is 3.30. The normalized spacial score (nSPS) is 22.6. The number of nitrogens with zero attached hydrogens (tertiary/aromatic N) is 1. The first-order valence-electron chi connectivity index (χ1n) is 8.13. The highest BCUT2D eigenvalue weighted by Gasteiger charge is 2.35. The lowest BCUT2D eigenvalue weighted by Gasteiger charge is -2.38. The Kier molecular flexibility index (Phi) is 8.42. The molecule has 0 bridgehead atoms. The highest BCUT2D eigenvalue weighted by Crippen LogP contribution is 2.40. The Bertz CT molecular complexity index is 353. The zero-order chi connectivity index (χ0) is 15.2. The van der Waals surface area contributed by atoms with Crippen LogP contribution < -0.4 is 10.6 Å². The quantitative estimate of drug-likeness (QED) is 0.374. The van der Waals surface area contributed by atoms with Gasteiger partial charge in [0.05, 0.1) is 13.2 Å². The van der Waals surface area contributed by atoms with E-state index in [4.69, 9.17) is 9.47 Å². The Morgan fingerprint density at radius 2 is 1.82 bits per heavy atom. The molecule has 2 N–H and O–H groups in total. The number of guanidine groups is 1. The van der Waals surface area contributed by atoms with Gasteiger partial charge in [-0.1, -0.05) is 19.8 Å². The van der Waals surface area contributed by atoms with Gasteiger partial charge in [0.25, 0.3) is 0 Å². The molecule has 0 radical (unpaired) electrons. The van der Waals surface area contributed by atoms with Crippen molar-refractivity contribution in [3.05, 3.63) is 0 Å². The molecule has 0 aromatic heterocycles. The molecule has 6 heteroatoms. The second-order valence-electron chi connectivity index (χ2n) is 7.03. The molecule has 0 amide bonds. The van der Waals surface area contributed by atoms with Gasteiger partial charge in [-0.15, -0.1) is 24.0 Å². The van der Waals surface area contributed by atoms with Gasteiger partial charge in [0.1, 0.15) is 0 Å². The van der Waals surface area contributed by atoms with Crippen LogP contribution in [0.15, 0.2) is 4.99 Å². The Balaban J connectivity index is 0.00000242. The van der Waals surface area contributed by atoms with Gasteiger partial charge in [-0.2, -0.15) is 0 Å². The van der Waals surface area contributed by atoms with Gasteiger partial charge >= 0.3 is 0 Å². The maximum absolute atomic E-state index is 5.29.